The maximum absolute atomic E-state index is 14.9. The Balaban J connectivity index is 1.54. The maximum Gasteiger partial charge on any atom is 0.410 e. The van der Waals surface area contributed by atoms with Crippen LogP contribution >= 0.6 is 23.1 Å². The number of aromatic nitrogens is 2. The lowest BCUT2D eigenvalue weighted by Gasteiger charge is -2.39. The lowest BCUT2D eigenvalue weighted by Crippen LogP contribution is -2.46. The Bertz CT molecular complexity index is 1420. The lowest BCUT2D eigenvalue weighted by molar-refractivity contribution is 0.0110. The highest BCUT2D eigenvalue weighted by atomic mass is 35.5. The second-order valence-electron chi connectivity index (χ2n) is 10.0. The number of sulfonamides is 1. The van der Waals surface area contributed by atoms with Crippen molar-refractivity contribution in [2.75, 3.05) is 24.4 Å². The van der Waals surface area contributed by atoms with Gasteiger partial charge in [-0.25, -0.2) is 27.0 Å². The SMILES string of the molecule is CC(C)(C)OC(=O)N1CC[C@@H](c2ccc(Cl)cc2)[C@H](COc2cc(F)c(S(=O)(=O)Nc3ncns3)cc2F)C1. The predicted molar refractivity (Wildman–Crippen MR) is 143 cm³/mol. The molecule has 3 aromatic rings. The summed E-state index contributed by atoms with van der Waals surface area (Å²) in [5.41, 5.74) is 0.289. The first-order chi connectivity index (χ1) is 18.3. The minimum Gasteiger partial charge on any atom is -0.490 e. The van der Waals surface area contributed by atoms with Crippen molar-refractivity contribution in [1.29, 1.82) is 0 Å². The number of likely N-dealkylation sites (tertiary alicyclic amines) is 1. The summed E-state index contributed by atoms with van der Waals surface area (Å²) in [6.45, 7) is 5.95. The van der Waals surface area contributed by atoms with Crippen LogP contribution < -0.4 is 9.46 Å². The van der Waals surface area contributed by atoms with E-state index < -0.39 is 44.0 Å². The topological polar surface area (TPSA) is 111 Å². The fourth-order valence-corrected chi connectivity index (χ4v) is 6.11. The van der Waals surface area contributed by atoms with Crippen LogP contribution in [0.4, 0.5) is 18.7 Å². The van der Waals surface area contributed by atoms with Crippen LogP contribution in [0.2, 0.25) is 5.02 Å². The number of amides is 1. The van der Waals surface area contributed by atoms with Gasteiger partial charge in [0, 0.05) is 47.7 Å². The molecular weight excluding hydrogens is 574 g/mol. The summed E-state index contributed by atoms with van der Waals surface area (Å²) in [6, 6.07) is 8.54. The fraction of sp³-hybridized carbons (Fsp3) is 0.400. The van der Waals surface area contributed by atoms with Gasteiger partial charge in [-0.2, -0.15) is 4.37 Å². The van der Waals surface area contributed by atoms with E-state index in [-0.39, 0.29) is 30.1 Å². The molecule has 210 valence electrons. The van der Waals surface area contributed by atoms with E-state index in [1.807, 2.05) is 12.1 Å². The average molecular weight is 601 g/mol. The molecule has 39 heavy (non-hydrogen) atoms. The van der Waals surface area contributed by atoms with Crippen molar-refractivity contribution in [3.63, 3.8) is 0 Å². The standard InChI is InChI=1S/C25H27ClF2N4O5S2/c1-25(2,3)37-24(33)32-9-8-18(15-4-6-17(26)7-5-15)16(12-32)13-36-21-10-20(28)22(11-19(21)27)39(34,35)31-23-29-14-30-38-23/h4-7,10-11,14,16,18H,8-9,12-13H2,1-3H3,(H,29,30,31)/t16-,18-/m0/s1. The summed E-state index contributed by atoms with van der Waals surface area (Å²) in [5.74, 6) is -3.08. The first kappa shape index (κ1) is 29.0. The molecule has 1 aliphatic rings. The highest BCUT2D eigenvalue weighted by Crippen LogP contribution is 2.35. The van der Waals surface area contributed by atoms with Crippen LogP contribution in [-0.2, 0) is 14.8 Å². The number of benzene rings is 2. The number of nitrogens with zero attached hydrogens (tertiary/aromatic N) is 3. The van der Waals surface area contributed by atoms with Gasteiger partial charge in [-0.1, -0.05) is 23.7 Å². The fourth-order valence-electron chi connectivity index (χ4n) is 4.25. The van der Waals surface area contributed by atoms with Crippen molar-refractivity contribution < 1.29 is 31.5 Å². The molecule has 2 heterocycles. The molecule has 2 atom stereocenters. The van der Waals surface area contributed by atoms with Crippen molar-refractivity contribution in [3.05, 3.63) is 64.9 Å². The van der Waals surface area contributed by atoms with Crippen LogP contribution in [0.25, 0.3) is 0 Å². The summed E-state index contributed by atoms with van der Waals surface area (Å²) >= 11 is 6.80. The average Bonchev–Trinajstić information content (AvgIpc) is 3.36. The molecule has 0 aliphatic carbocycles. The highest BCUT2D eigenvalue weighted by Gasteiger charge is 2.35. The van der Waals surface area contributed by atoms with E-state index in [2.05, 4.69) is 14.1 Å². The van der Waals surface area contributed by atoms with Gasteiger partial charge in [-0.05, 0) is 50.8 Å². The summed E-state index contributed by atoms with van der Waals surface area (Å²) in [7, 11) is -4.45. The first-order valence-electron chi connectivity index (χ1n) is 12.0. The minimum atomic E-state index is -4.45. The molecule has 1 aromatic heterocycles. The van der Waals surface area contributed by atoms with Crippen molar-refractivity contribution in [1.82, 2.24) is 14.3 Å². The van der Waals surface area contributed by atoms with Crippen LogP contribution in [0.3, 0.4) is 0 Å². The van der Waals surface area contributed by atoms with Gasteiger partial charge in [0.15, 0.2) is 11.6 Å². The van der Waals surface area contributed by atoms with E-state index in [4.69, 9.17) is 21.1 Å². The molecule has 4 rings (SSSR count). The zero-order valence-corrected chi connectivity index (χ0v) is 23.7. The van der Waals surface area contributed by atoms with Gasteiger partial charge in [0.1, 0.15) is 22.6 Å². The van der Waals surface area contributed by atoms with Gasteiger partial charge in [0.05, 0.1) is 6.61 Å². The third-order valence-electron chi connectivity index (χ3n) is 6.00. The van der Waals surface area contributed by atoms with Gasteiger partial charge in [-0.15, -0.1) is 0 Å². The first-order valence-corrected chi connectivity index (χ1v) is 14.6. The Hall–Kier alpha value is -3.03. The Morgan fingerprint density at radius 2 is 1.92 bits per heavy atom. The number of hydrogen-bond donors (Lipinski definition) is 1. The second-order valence-corrected chi connectivity index (χ2v) is 12.9. The number of rotatable bonds is 7. The Kier molecular flexibility index (Phi) is 8.62. The molecule has 1 N–H and O–H groups in total. The van der Waals surface area contributed by atoms with Gasteiger partial charge in [0.2, 0.25) is 5.13 Å². The second kappa shape index (κ2) is 11.6. The lowest BCUT2D eigenvalue weighted by atomic mass is 9.81. The number of piperidine rings is 1. The van der Waals surface area contributed by atoms with E-state index in [9.17, 15) is 22.0 Å². The van der Waals surface area contributed by atoms with E-state index in [1.54, 1.807) is 37.8 Å². The number of carbonyl (C=O) groups excluding carboxylic acids is 1. The van der Waals surface area contributed by atoms with E-state index in [0.29, 0.717) is 30.1 Å². The molecular formula is C25H27ClF2N4O5S2. The van der Waals surface area contributed by atoms with Gasteiger partial charge >= 0.3 is 6.09 Å². The molecule has 0 radical (unpaired) electrons. The molecule has 1 saturated heterocycles. The van der Waals surface area contributed by atoms with Gasteiger partial charge < -0.3 is 14.4 Å². The molecule has 9 nitrogen and oxygen atoms in total. The predicted octanol–water partition coefficient (Wildman–Crippen LogP) is 5.69. The van der Waals surface area contributed by atoms with Crippen LogP contribution in [0.1, 0.15) is 38.7 Å². The smallest absolute Gasteiger partial charge is 0.410 e. The Morgan fingerprint density at radius 3 is 2.56 bits per heavy atom. The molecule has 1 amide bonds. The van der Waals surface area contributed by atoms with E-state index in [1.165, 1.54) is 0 Å². The number of halogens is 3. The van der Waals surface area contributed by atoms with Crippen LogP contribution in [0, 0.1) is 17.6 Å². The molecule has 14 heteroatoms. The number of ether oxygens (including phenoxy) is 2. The van der Waals surface area contributed by atoms with Crippen molar-refractivity contribution in [3.8, 4) is 5.75 Å². The summed E-state index contributed by atoms with van der Waals surface area (Å²) in [5, 5.41) is 0.487. The third-order valence-corrected chi connectivity index (χ3v) is 8.31. The normalized spacial score (nSPS) is 18.1. The zero-order valence-electron chi connectivity index (χ0n) is 21.4. The maximum atomic E-state index is 14.9. The molecule has 2 aromatic carbocycles. The summed E-state index contributed by atoms with van der Waals surface area (Å²) in [6.07, 6.45) is 1.24. The molecule has 0 spiro atoms. The third kappa shape index (κ3) is 7.34. The molecule has 0 saturated carbocycles. The number of anilines is 1. The monoisotopic (exact) mass is 600 g/mol. The van der Waals surface area contributed by atoms with Crippen LogP contribution in [-0.4, -0.2) is 54.1 Å². The Labute approximate surface area is 234 Å². The van der Waals surface area contributed by atoms with Gasteiger partial charge in [-0.3, -0.25) is 4.72 Å². The van der Waals surface area contributed by atoms with Crippen LogP contribution in [0.15, 0.2) is 47.6 Å². The van der Waals surface area contributed by atoms with Crippen molar-refractivity contribution in [2.24, 2.45) is 5.92 Å². The van der Waals surface area contributed by atoms with E-state index in [0.717, 1.165) is 23.4 Å². The molecule has 1 fully saturated rings. The minimum absolute atomic E-state index is 0.0652. The van der Waals surface area contributed by atoms with Gasteiger partial charge in [0.25, 0.3) is 10.0 Å². The van der Waals surface area contributed by atoms with Crippen molar-refractivity contribution >= 4 is 44.4 Å². The Morgan fingerprint density at radius 1 is 1.21 bits per heavy atom. The number of nitrogens with one attached hydrogen (secondary N) is 1. The quantitative estimate of drug-likeness (QED) is 0.371. The van der Waals surface area contributed by atoms with Crippen LogP contribution in [0.5, 0.6) is 5.75 Å². The molecule has 0 unspecified atom stereocenters. The largest absolute Gasteiger partial charge is 0.490 e. The van der Waals surface area contributed by atoms with Crippen molar-refractivity contribution in [2.45, 2.75) is 43.6 Å². The summed E-state index contributed by atoms with van der Waals surface area (Å²) < 4.78 is 71.8. The molecule has 0 bridgehead atoms. The number of hydrogen-bond acceptors (Lipinski definition) is 8. The zero-order chi connectivity index (χ0) is 28.4. The number of carbonyl (C=O) groups is 1. The molecule has 1 aliphatic heterocycles. The van der Waals surface area contributed by atoms with E-state index >= 15 is 0 Å². The highest BCUT2D eigenvalue weighted by molar-refractivity contribution is 7.93. The summed E-state index contributed by atoms with van der Waals surface area (Å²) in [4.78, 5) is 17.1.